The van der Waals surface area contributed by atoms with Crippen molar-refractivity contribution in [3.05, 3.63) is 0 Å². The Kier molecular flexibility index (Phi) is 4.76. The van der Waals surface area contributed by atoms with Crippen LogP contribution in [0.4, 0.5) is 0 Å². The monoisotopic (exact) mass is 321 g/mol. The summed E-state index contributed by atoms with van der Waals surface area (Å²) in [5, 5.41) is 3.47. The highest BCUT2D eigenvalue weighted by molar-refractivity contribution is 5.80. The largest absolute Gasteiger partial charge is 0.376 e. The molecule has 1 N–H and O–H groups in total. The van der Waals surface area contributed by atoms with E-state index in [1.807, 2.05) is 0 Å². The first-order chi connectivity index (χ1) is 11.3. The molecule has 1 aliphatic carbocycles. The Morgan fingerprint density at radius 1 is 1.13 bits per heavy atom. The van der Waals surface area contributed by atoms with Crippen molar-refractivity contribution in [2.45, 2.75) is 63.8 Å². The van der Waals surface area contributed by atoms with Crippen LogP contribution in [0.15, 0.2) is 4.99 Å². The van der Waals surface area contributed by atoms with Gasteiger partial charge in [-0.25, -0.2) is 0 Å². The van der Waals surface area contributed by atoms with Crippen LogP contribution in [0.2, 0.25) is 0 Å². The molecule has 130 valence electrons. The van der Waals surface area contributed by atoms with Gasteiger partial charge in [-0.05, 0) is 32.6 Å². The summed E-state index contributed by atoms with van der Waals surface area (Å²) < 4.78 is 12.0. The molecule has 23 heavy (non-hydrogen) atoms. The number of hydrogen-bond donors (Lipinski definition) is 1. The molecule has 0 spiro atoms. The number of ether oxygens (including phenoxy) is 2. The van der Waals surface area contributed by atoms with Crippen molar-refractivity contribution in [3.8, 4) is 0 Å². The Balaban J connectivity index is 1.29. The zero-order valence-corrected chi connectivity index (χ0v) is 14.4. The lowest BCUT2D eigenvalue weighted by molar-refractivity contribution is 0.0640. The zero-order chi connectivity index (χ0) is 15.6. The lowest BCUT2D eigenvalue weighted by atomic mass is 9.82. The summed E-state index contributed by atoms with van der Waals surface area (Å²) >= 11 is 0. The molecule has 3 saturated heterocycles. The number of nitrogens with zero attached hydrogens (tertiary/aromatic N) is 2. The summed E-state index contributed by atoms with van der Waals surface area (Å²) in [5.41, 5.74) is 0. The third-order valence-corrected chi connectivity index (χ3v) is 6.10. The highest BCUT2D eigenvalue weighted by atomic mass is 16.5. The Bertz CT molecular complexity index is 418. The summed E-state index contributed by atoms with van der Waals surface area (Å²) in [7, 11) is 0. The van der Waals surface area contributed by atoms with E-state index in [1.54, 1.807) is 0 Å². The molecular weight excluding hydrogens is 290 g/mol. The van der Waals surface area contributed by atoms with Crippen LogP contribution in [0.1, 0.15) is 45.4 Å². The van der Waals surface area contributed by atoms with Crippen molar-refractivity contribution < 1.29 is 9.47 Å². The third-order valence-electron chi connectivity index (χ3n) is 6.10. The van der Waals surface area contributed by atoms with Gasteiger partial charge in [-0.2, -0.15) is 0 Å². The molecule has 0 aromatic rings. The molecule has 0 radical (unpaired) electrons. The van der Waals surface area contributed by atoms with Crippen LogP contribution in [-0.2, 0) is 9.47 Å². The number of rotatable bonds is 5. The molecule has 3 heterocycles. The van der Waals surface area contributed by atoms with Crippen LogP contribution in [0.3, 0.4) is 0 Å². The van der Waals surface area contributed by atoms with Gasteiger partial charge >= 0.3 is 0 Å². The van der Waals surface area contributed by atoms with Crippen molar-refractivity contribution in [2.75, 3.05) is 32.8 Å². The van der Waals surface area contributed by atoms with Crippen molar-refractivity contribution in [1.82, 2.24) is 10.2 Å². The molecule has 4 atom stereocenters. The first-order valence-electron chi connectivity index (χ1n) is 9.65. The molecule has 4 rings (SSSR count). The standard InChI is InChI=1S/C18H31N3O2/c1-2-19-18(20-9-10-22-13-5-3-4-6-13)21-11-14-15(12-21)17-8-7-16(14)23-17/h13-17H,2-12H2,1H3,(H,19,20). The van der Waals surface area contributed by atoms with Gasteiger partial charge in [0.1, 0.15) is 0 Å². The van der Waals surface area contributed by atoms with Gasteiger partial charge in [-0.15, -0.1) is 0 Å². The molecule has 1 saturated carbocycles. The van der Waals surface area contributed by atoms with Gasteiger partial charge in [0.2, 0.25) is 0 Å². The van der Waals surface area contributed by atoms with Gasteiger partial charge in [0.15, 0.2) is 5.96 Å². The van der Waals surface area contributed by atoms with E-state index in [2.05, 4.69) is 17.1 Å². The summed E-state index contributed by atoms with van der Waals surface area (Å²) in [5.74, 6) is 2.54. The summed E-state index contributed by atoms with van der Waals surface area (Å²) in [6.07, 6.45) is 9.20. The number of guanidine groups is 1. The summed E-state index contributed by atoms with van der Waals surface area (Å²) in [4.78, 5) is 7.28. The SMILES string of the molecule is CCNC(=NCCOC1CCCC1)N1CC2C3CCC(O3)C2C1. The van der Waals surface area contributed by atoms with Crippen molar-refractivity contribution in [2.24, 2.45) is 16.8 Å². The van der Waals surface area contributed by atoms with Crippen LogP contribution in [0.5, 0.6) is 0 Å². The highest BCUT2D eigenvalue weighted by Crippen LogP contribution is 2.47. The Hall–Kier alpha value is -0.810. The number of aliphatic imine (C=N–C) groups is 1. The van der Waals surface area contributed by atoms with E-state index in [0.29, 0.717) is 18.3 Å². The second-order valence-corrected chi connectivity index (χ2v) is 7.54. The Morgan fingerprint density at radius 2 is 1.83 bits per heavy atom. The average molecular weight is 321 g/mol. The fourth-order valence-electron chi connectivity index (χ4n) is 4.98. The molecular formula is C18H31N3O2. The van der Waals surface area contributed by atoms with E-state index in [4.69, 9.17) is 14.5 Å². The van der Waals surface area contributed by atoms with Gasteiger partial charge in [-0.1, -0.05) is 12.8 Å². The molecule has 4 fully saturated rings. The second-order valence-electron chi connectivity index (χ2n) is 7.54. The topological polar surface area (TPSA) is 46.1 Å². The Labute approximate surface area is 139 Å². The van der Waals surface area contributed by atoms with Crippen LogP contribution in [0.25, 0.3) is 0 Å². The maximum Gasteiger partial charge on any atom is 0.194 e. The van der Waals surface area contributed by atoms with Crippen molar-refractivity contribution in [3.63, 3.8) is 0 Å². The van der Waals surface area contributed by atoms with Crippen LogP contribution in [0, 0.1) is 11.8 Å². The molecule has 3 aliphatic heterocycles. The minimum absolute atomic E-state index is 0.492. The van der Waals surface area contributed by atoms with E-state index in [0.717, 1.165) is 50.6 Å². The number of fused-ring (bicyclic) bond motifs is 5. The normalized spacial score (nSPS) is 36.9. The number of nitrogens with one attached hydrogen (secondary N) is 1. The van der Waals surface area contributed by atoms with E-state index >= 15 is 0 Å². The highest BCUT2D eigenvalue weighted by Gasteiger charge is 2.53. The van der Waals surface area contributed by atoms with Gasteiger partial charge in [0.25, 0.3) is 0 Å². The molecule has 5 heteroatoms. The molecule has 4 unspecified atom stereocenters. The molecule has 4 aliphatic rings. The predicted octanol–water partition coefficient (Wildman–Crippen LogP) is 2.02. The molecule has 0 aromatic carbocycles. The van der Waals surface area contributed by atoms with Gasteiger partial charge < -0.3 is 19.7 Å². The summed E-state index contributed by atoms with van der Waals surface area (Å²) in [6, 6.07) is 0. The molecule has 0 amide bonds. The maximum absolute atomic E-state index is 6.08. The van der Waals surface area contributed by atoms with E-state index < -0.39 is 0 Å². The number of hydrogen-bond acceptors (Lipinski definition) is 3. The summed E-state index contributed by atoms with van der Waals surface area (Å²) in [6.45, 7) is 6.83. The van der Waals surface area contributed by atoms with E-state index in [1.165, 1.54) is 38.5 Å². The second kappa shape index (κ2) is 6.98. The molecule has 0 aromatic heterocycles. The van der Waals surface area contributed by atoms with Crippen molar-refractivity contribution in [1.29, 1.82) is 0 Å². The van der Waals surface area contributed by atoms with E-state index in [-0.39, 0.29) is 0 Å². The minimum atomic E-state index is 0.492. The fourth-order valence-corrected chi connectivity index (χ4v) is 4.98. The van der Waals surface area contributed by atoms with Crippen LogP contribution >= 0.6 is 0 Å². The average Bonchev–Trinajstić information content (AvgIpc) is 3.33. The van der Waals surface area contributed by atoms with Gasteiger partial charge in [0.05, 0.1) is 31.5 Å². The molecule has 5 nitrogen and oxygen atoms in total. The maximum atomic E-state index is 6.08. The zero-order valence-electron chi connectivity index (χ0n) is 14.4. The van der Waals surface area contributed by atoms with Gasteiger partial charge in [-0.3, -0.25) is 4.99 Å². The quantitative estimate of drug-likeness (QED) is 0.478. The lowest BCUT2D eigenvalue weighted by Gasteiger charge is -2.23. The predicted molar refractivity (Wildman–Crippen MR) is 90.6 cm³/mol. The number of likely N-dealkylation sites (tertiary alicyclic amines) is 1. The minimum Gasteiger partial charge on any atom is -0.376 e. The van der Waals surface area contributed by atoms with Gasteiger partial charge in [0, 0.05) is 31.5 Å². The lowest BCUT2D eigenvalue weighted by Crippen LogP contribution is -2.41. The molecule has 2 bridgehead atoms. The fraction of sp³-hybridized carbons (Fsp3) is 0.944. The first-order valence-corrected chi connectivity index (χ1v) is 9.65. The third kappa shape index (κ3) is 3.22. The smallest absolute Gasteiger partial charge is 0.194 e. The van der Waals surface area contributed by atoms with Crippen LogP contribution < -0.4 is 5.32 Å². The van der Waals surface area contributed by atoms with Crippen molar-refractivity contribution >= 4 is 5.96 Å². The first kappa shape index (κ1) is 15.7. The van der Waals surface area contributed by atoms with E-state index in [9.17, 15) is 0 Å². The van der Waals surface area contributed by atoms with Crippen LogP contribution in [-0.4, -0.2) is 62.0 Å². The Morgan fingerprint density at radius 3 is 2.48 bits per heavy atom.